The van der Waals surface area contributed by atoms with Crippen LogP contribution < -0.4 is 10.2 Å². The van der Waals surface area contributed by atoms with E-state index in [0.29, 0.717) is 10.2 Å². The number of nitrogens with one attached hydrogen (secondary N) is 1. The lowest BCUT2D eigenvalue weighted by molar-refractivity contribution is -0.113. The van der Waals surface area contributed by atoms with Crippen molar-refractivity contribution in [3.63, 3.8) is 0 Å². The van der Waals surface area contributed by atoms with Gasteiger partial charge in [0.05, 0.1) is 29.3 Å². The van der Waals surface area contributed by atoms with E-state index in [1.165, 1.54) is 11.8 Å². The number of halogens is 1. The second-order valence-corrected chi connectivity index (χ2v) is 10.9. The zero-order chi connectivity index (χ0) is 21.3. The normalized spacial score (nSPS) is 21.9. The highest BCUT2D eigenvalue weighted by Gasteiger charge is 2.47. The predicted molar refractivity (Wildman–Crippen MR) is 125 cm³/mol. The van der Waals surface area contributed by atoms with Crippen molar-refractivity contribution >= 4 is 55.6 Å². The molecular weight excluding hydrogens is 442 g/mol. The van der Waals surface area contributed by atoms with Gasteiger partial charge in [0.1, 0.15) is 0 Å². The SMILES string of the molecule is CCc1ccccc1NC(=O)CSC1=N[C@@H]2CS(=O)(=O)C[C@H]2N1c1cccc(Cl)c1. The Hall–Kier alpha value is -2.03. The molecule has 1 N–H and O–H groups in total. The molecule has 1 fully saturated rings. The molecular formula is C21H22ClN3O3S2. The second kappa shape index (κ2) is 8.61. The average molecular weight is 464 g/mol. The number of benzene rings is 2. The Morgan fingerprint density at radius 3 is 2.80 bits per heavy atom. The van der Waals surface area contributed by atoms with Crippen LogP contribution in [0.5, 0.6) is 0 Å². The molecule has 2 aliphatic rings. The van der Waals surface area contributed by atoms with E-state index in [4.69, 9.17) is 11.6 Å². The van der Waals surface area contributed by atoms with Gasteiger partial charge < -0.3 is 10.2 Å². The molecule has 0 bridgehead atoms. The summed E-state index contributed by atoms with van der Waals surface area (Å²) in [5.74, 6) is 0.141. The maximum Gasteiger partial charge on any atom is 0.234 e. The molecule has 0 aliphatic carbocycles. The van der Waals surface area contributed by atoms with Gasteiger partial charge in [0, 0.05) is 16.4 Å². The largest absolute Gasteiger partial charge is 0.325 e. The molecule has 2 aromatic rings. The second-order valence-electron chi connectivity index (χ2n) is 7.32. The summed E-state index contributed by atoms with van der Waals surface area (Å²) in [6, 6.07) is 14.4. The van der Waals surface area contributed by atoms with Crippen molar-refractivity contribution < 1.29 is 13.2 Å². The maximum absolute atomic E-state index is 12.6. The number of aliphatic imine (C=N–C) groups is 1. The maximum atomic E-state index is 12.6. The fourth-order valence-electron chi connectivity index (χ4n) is 3.83. The number of sulfone groups is 1. The van der Waals surface area contributed by atoms with Gasteiger partial charge in [0.25, 0.3) is 0 Å². The number of anilines is 2. The molecule has 2 heterocycles. The molecule has 1 amide bonds. The number of amides is 1. The number of thioether (sulfide) groups is 1. The summed E-state index contributed by atoms with van der Waals surface area (Å²) in [5, 5.41) is 4.18. The van der Waals surface area contributed by atoms with Crippen molar-refractivity contribution in [2.24, 2.45) is 4.99 Å². The molecule has 2 aromatic carbocycles. The van der Waals surface area contributed by atoms with Crippen molar-refractivity contribution in [2.75, 3.05) is 27.5 Å². The van der Waals surface area contributed by atoms with Crippen molar-refractivity contribution in [1.82, 2.24) is 0 Å². The van der Waals surface area contributed by atoms with Crippen LogP contribution in [0.4, 0.5) is 11.4 Å². The summed E-state index contributed by atoms with van der Waals surface area (Å²) < 4.78 is 24.3. The third-order valence-corrected chi connectivity index (χ3v) is 8.10. The lowest BCUT2D eigenvalue weighted by atomic mass is 10.1. The van der Waals surface area contributed by atoms with Crippen molar-refractivity contribution in [3.8, 4) is 0 Å². The molecule has 0 saturated carbocycles. The van der Waals surface area contributed by atoms with Crippen LogP contribution >= 0.6 is 23.4 Å². The van der Waals surface area contributed by atoms with E-state index in [0.717, 1.165) is 23.4 Å². The van der Waals surface area contributed by atoms with Crippen LogP contribution in [0.15, 0.2) is 53.5 Å². The number of carbonyl (C=O) groups excluding carboxylic acids is 1. The Bertz CT molecular complexity index is 1100. The predicted octanol–water partition coefficient (Wildman–Crippen LogP) is 3.62. The van der Waals surface area contributed by atoms with Gasteiger partial charge >= 0.3 is 0 Å². The fraction of sp³-hybridized carbons (Fsp3) is 0.333. The molecule has 30 heavy (non-hydrogen) atoms. The molecule has 158 valence electrons. The Morgan fingerprint density at radius 1 is 1.23 bits per heavy atom. The smallest absolute Gasteiger partial charge is 0.234 e. The molecule has 2 aliphatic heterocycles. The zero-order valence-electron chi connectivity index (χ0n) is 16.4. The molecule has 0 spiro atoms. The number of aryl methyl sites for hydroxylation is 1. The number of rotatable bonds is 5. The number of nitrogens with zero attached hydrogens (tertiary/aromatic N) is 2. The van der Waals surface area contributed by atoms with Crippen molar-refractivity contribution in [3.05, 3.63) is 59.1 Å². The van der Waals surface area contributed by atoms with Crippen molar-refractivity contribution in [1.29, 1.82) is 0 Å². The highest BCUT2D eigenvalue weighted by Crippen LogP contribution is 2.36. The van der Waals surface area contributed by atoms with Crippen LogP contribution in [0.25, 0.3) is 0 Å². The van der Waals surface area contributed by atoms with E-state index < -0.39 is 9.84 Å². The highest BCUT2D eigenvalue weighted by atomic mass is 35.5. The summed E-state index contributed by atoms with van der Waals surface area (Å²) in [6.45, 7) is 2.04. The number of para-hydroxylation sites is 1. The Balaban J connectivity index is 1.51. The summed E-state index contributed by atoms with van der Waals surface area (Å²) >= 11 is 7.48. The van der Waals surface area contributed by atoms with E-state index in [2.05, 4.69) is 10.3 Å². The molecule has 0 radical (unpaired) electrons. The fourth-order valence-corrected chi connectivity index (χ4v) is 6.78. The standard InChI is InChI=1S/C21H22ClN3O3S2/c1-2-14-6-3-4-9-17(14)23-20(26)11-29-21-24-18-12-30(27,28)13-19(18)25(21)16-8-5-7-15(22)10-16/h3-10,18-19H,2,11-13H2,1H3,(H,23,26)/t18-,19-/m1/s1. The number of hydrogen-bond acceptors (Lipinski definition) is 6. The number of hydrogen-bond donors (Lipinski definition) is 1. The zero-order valence-corrected chi connectivity index (χ0v) is 18.8. The Morgan fingerprint density at radius 2 is 2.03 bits per heavy atom. The van der Waals surface area contributed by atoms with Gasteiger partial charge in [-0.2, -0.15) is 0 Å². The minimum Gasteiger partial charge on any atom is -0.325 e. The lowest BCUT2D eigenvalue weighted by Gasteiger charge is -2.26. The minimum atomic E-state index is -3.13. The van der Waals surface area contributed by atoms with Gasteiger partial charge in [0.2, 0.25) is 5.91 Å². The average Bonchev–Trinajstić information content (AvgIpc) is 3.17. The molecule has 4 rings (SSSR count). The van der Waals surface area contributed by atoms with E-state index in [9.17, 15) is 13.2 Å². The third-order valence-electron chi connectivity index (χ3n) is 5.20. The number of amidine groups is 1. The van der Waals surface area contributed by atoms with E-state index in [-0.39, 0.29) is 35.2 Å². The van der Waals surface area contributed by atoms with Crippen LogP contribution in [0.2, 0.25) is 5.02 Å². The molecule has 0 aromatic heterocycles. The number of carbonyl (C=O) groups is 1. The number of fused-ring (bicyclic) bond motifs is 1. The molecule has 9 heteroatoms. The van der Waals surface area contributed by atoms with Gasteiger partial charge in [0.15, 0.2) is 15.0 Å². The summed E-state index contributed by atoms with van der Waals surface area (Å²) in [5.41, 5.74) is 2.68. The van der Waals surface area contributed by atoms with E-state index in [1.807, 2.05) is 48.2 Å². The van der Waals surface area contributed by atoms with Crippen LogP contribution in [-0.4, -0.2) is 48.8 Å². The molecule has 1 saturated heterocycles. The quantitative estimate of drug-likeness (QED) is 0.732. The third kappa shape index (κ3) is 4.50. The topological polar surface area (TPSA) is 78.8 Å². The van der Waals surface area contributed by atoms with Gasteiger partial charge in [-0.25, -0.2) is 8.42 Å². The van der Waals surface area contributed by atoms with E-state index >= 15 is 0 Å². The first-order chi connectivity index (χ1) is 14.4. The first-order valence-corrected chi connectivity index (χ1v) is 12.9. The minimum absolute atomic E-state index is 0.0366. The summed E-state index contributed by atoms with van der Waals surface area (Å²) in [6.07, 6.45) is 0.830. The molecule has 0 unspecified atom stereocenters. The van der Waals surface area contributed by atoms with Crippen LogP contribution in [0.1, 0.15) is 12.5 Å². The lowest BCUT2D eigenvalue weighted by Crippen LogP contribution is -2.39. The Kier molecular flexibility index (Phi) is 6.09. The highest BCUT2D eigenvalue weighted by molar-refractivity contribution is 8.14. The monoisotopic (exact) mass is 463 g/mol. The van der Waals surface area contributed by atoms with Crippen molar-refractivity contribution in [2.45, 2.75) is 25.4 Å². The van der Waals surface area contributed by atoms with Gasteiger partial charge in [-0.15, -0.1) is 0 Å². The van der Waals surface area contributed by atoms with Crippen LogP contribution in [0.3, 0.4) is 0 Å². The van der Waals surface area contributed by atoms with Gasteiger partial charge in [-0.1, -0.05) is 54.6 Å². The van der Waals surface area contributed by atoms with Crippen LogP contribution in [-0.2, 0) is 21.1 Å². The molecule has 6 nitrogen and oxygen atoms in total. The Labute approximate surface area is 185 Å². The summed E-state index contributed by atoms with van der Waals surface area (Å²) in [4.78, 5) is 19.1. The van der Waals surface area contributed by atoms with Crippen LogP contribution in [0, 0.1) is 0 Å². The molecule has 2 atom stereocenters. The first-order valence-electron chi connectivity index (χ1n) is 9.70. The van der Waals surface area contributed by atoms with Gasteiger partial charge in [-0.3, -0.25) is 9.79 Å². The first kappa shape index (κ1) is 21.2. The van der Waals surface area contributed by atoms with E-state index in [1.54, 1.807) is 12.1 Å². The summed E-state index contributed by atoms with van der Waals surface area (Å²) in [7, 11) is -3.13. The van der Waals surface area contributed by atoms with Gasteiger partial charge in [-0.05, 0) is 36.2 Å².